The molecular weight excluding hydrogens is 511 g/mol. The quantitative estimate of drug-likeness (QED) is 0.150. The third-order valence-corrected chi connectivity index (χ3v) is 4.44. The number of halogens is 1. The molecule has 0 aliphatic rings. The summed E-state index contributed by atoms with van der Waals surface area (Å²) in [6.07, 6.45) is 2.66. The van der Waals surface area contributed by atoms with E-state index in [4.69, 9.17) is 0 Å². The van der Waals surface area contributed by atoms with Crippen LogP contribution in [0.4, 0.5) is 5.69 Å². The van der Waals surface area contributed by atoms with Gasteiger partial charge in [0.2, 0.25) is 0 Å². The zero-order chi connectivity index (χ0) is 21.5. The third-order valence-electron chi connectivity index (χ3n) is 4.44. The molecule has 0 unspecified atom stereocenters. The topological polar surface area (TPSA) is 115 Å². The number of aliphatic imine (C=N–C) groups is 1. The number of guanidine groups is 1. The Kier molecular flexibility index (Phi) is 8.97. The van der Waals surface area contributed by atoms with Crippen LogP contribution in [0.5, 0.6) is 0 Å². The summed E-state index contributed by atoms with van der Waals surface area (Å²) in [4.78, 5) is 15.0. The van der Waals surface area contributed by atoms with Crippen LogP contribution in [0.1, 0.15) is 23.9 Å². The molecule has 0 aliphatic carbocycles. The van der Waals surface area contributed by atoms with E-state index in [2.05, 4.69) is 25.8 Å². The first kappa shape index (κ1) is 24.3. The molecule has 3 aromatic rings. The SMILES string of the molecule is CCNC(=NCc1ccccc1-n1nc(C)cc1C)NCCn1cc([N+](=O)[O-])cn1.I. The Hall–Kier alpha value is -2.96. The van der Waals surface area contributed by atoms with Crippen LogP contribution in [-0.2, 0) is 13.1 Å². The number of nitrogens with zero attached hydrogens (tertiary/aromatic N) is 6. The minimum Gasteiger partial charge on any atom is -0.357 e. The van der Waals surface area contributed by atoms with Crippen molar-refractivity contribution in [3.63, 3.8) is 0 Å². The van der Waals surface area contributed by atoms with Gasteiger partial charge < -0.3 is 10.6 Å². The van der Waals surface area contributed by atoms with E-state index in [0.717, 1.165) is 29.2 Å². The van der Waals surface area contributed by atoms with Crippen LogP contribution in [0.2, 0.25) is 0 Å². The fraction of sp³-hybridized carbons (Fsp3) is 0.350. The second-order valence-corrected chi connectivity index (χ2v) is 6.81. The molecule has 2 heterocycles. The predicted octanol–water partition coefficient (Wildman–Crippen LogP) is 2.97. The second kappa shape index (κ2) is 11.4. The summed E-state index contributed by atoms with van der Waals surface area (Å²) in [5.41, 5.74) is 4.09. The van der Waals surface area contributed by atoms with E-state index in [1.807, 2.05) is 55.8 Å². The fourth-order valence-corrected chi connectivity index (χ4v) is 3.09. The highest BCUT2D eigenvalue weighted by molar-refractivity contribution is 14.0. The Bertz CT molecular complexity index is 1040. The van der Waals surface area contributed by atoms with Crippen molar-refractivity contribution in [3.05, 3.63) is 69.8 Å². The van der Waals surface area contributed by atoms with Gasteiger partial charge in [-0.25, -0.2) is 9.67 Å². The van der Waals surface area contributed by atoms with Crippen molar-refractivity contribution in [2.45, 2.75) is 33.9 Å². The van der Waals surface area contributed by atoms with Gasteiger partial charge in [-0.2, -0.15) is 10.2 Å². The van der Waals surface area contributed by atoms with Crippen LogP contribution in [0, 0.1) is 24.0 Å². The molecule has 0 atom stereocenters. The van der Waals surface area contributed by atoms with Crippen LogP contribution in [0.3, 0.4) is 0 Å². The lowest BCUT2D eigenvalue weighted by atomic mass is 10.2. The number of aromatic nitrogens is 4. The van der Waals surface area contributed by atoms with Crippen LogP contribution in [0.15, 0.2) is 47.7 Å². The molecule has 11 heteroatoms. The number of para-hydroxylation sites is 1. The minimum absolute atomic E-state index is 0. The van der Waals surface area contributed by atoms with Gasteiger partial charge in [-0.15, -0.1) is 24.0 Å². The summed E-state index contributed by atoms with van der Waals surface area (Å²) in [5, 5.41) is 25.8. The smallest absolute Gasteiger partial charge is 0.306 e. The molecule has 10 nitrogen and oxygen atoms in total. The Morgan fingerprint density at radius 1 is 1.26 bits per heavy atom. The lowest BCUT2D eigenvalue weighted by molar-refractivity contribution is -0.385. The second-order valence-electron chi connectivity index (χ2n) is 6.81. The van der Waals surface area contributed by atoms with Gasteiger partial charge in [0.1, 0.15) is 12.4 Å². The molecule has 0 aliphatic heterocycles. The van der Waals surface area contributed by atoms with E-state index >= 15 is 0 Å². The molecule has 166 valence electrons. The van der Waals surface area contributed by atoms with E-state index in [1.54, 1.807) is 0 Å². The Balaban J connectivity index is 0.00000341. The maximum atomic E-state index is 10.8. The molecule has 3 rings (SSSR count). The summed E-state index contributed by atoms with van der Waals surface area (Å²) < 4.78 is 3.47. The summed E-state index contributed by atoms with van der Waals surface area (Å²) >= 11 is 0. The van der Waals surface area contributed by atoms with Gasteiger partial charge in [0, 0.05) is 18.8 Å². The molecule has 31 heavy (non-hydrogen) atoms. The molecule has 0 saturated carbocycles. The van der Waals surface area contributed by atoms with Crippen molar-refractivity contribution < 1.29 is 4.92 Å². The van der Waals surface area contributed by atoms with Crippen molar-refractivity contribution in [3.8, 4) is 5.69 Å². The van der Waals surface area contributed by atoms with Crippen molar-refractivity contribution in [1.82, 2.24) is 30.2 Å². The predicted molar refractivity (Wildman–Crippen MR) is 130 cm³/mol. The normalized spacial score (nSPS) is 11.1. The highest BCUT2D eigenvalue weighted by Crippen LogP contribution is 2.17. The van der Waals surface area contributed by atoms with E-state index in [0.29, 0.717) is 25.6 Å². The fourth-order valence-electron chi connectivity index (χ4n) is 3.09. The van der Waals surface area contributed by atoms with E-state index in [9.17, 15) is 10.1 Å². The summed E-state index contributed by atoms with van der Waals surface area (Å²) in [6, 6.07) is 10.1. The Morgan fingerprint density at radius 3 is 2.68 bits per heavy atom. The number of aryl methyl sites for hydroxylation is 2. The highest BCUT2D eigenvalue weighted by Gasteiger charge is 2.10. The van der Waals surface area contributed by atoms with Crippen molar-refractivity contribution >= 4 is 35.6 Å². The maximum Gasteiger partial charge on any atom is 0.306 e. The number of benzene rings is 1. The van der Waals surface area contributed by atoms with Crippen LogP contribution < -0.4 is 10.6 Å². The largest absolute Gasteiger partial charge is 0.357 e. The molecule has 2 N–H and O–H groups in total. The molecule has 0 fully saturated rings. The Morgan fingerprint density at radius 2 is 2.03 bits per heavy atom. The first-order chi connectivity index (χ1) is 14.5. The lowest BCUT2D eigenvalue weighted by Gasteiger charge is -2.13. The van der Waals surface area contributed by atoms with Crippen molar-refractivity contribution in [2.24, 2.45) is 4.99 Å². The minimum atomic E-state index is -0.456. The van der Waals surface area contributed by atoms with Crippen molar-refractivity contribution in [1.29, 1.82) is 0 Å². The van der Waals surface area contributed by atoms with Crippen molar-refractivity contribution in [2.75, 3.05) is 13.1 Å². The molecule has 0 saturated heterocycles. The summed E-state index contributed by atoms with van der Waals surface area (Å²) in [7, 11) is 0. The van der Waals surface area contributed by atoms with Gasteiger partial charge in [0.25, 0.3) is 0 Å². The van der Waals surface area contributed by atoms with E-state index in [-0.39, 0.29) is 29.7 Å². The van der Waals surface area contributed by atoms with Gasteiger partial charge in [-0.1, -0.05) is 18.2 Å². The molecule has 0 spiro atoms. The van der Waals surface area contributed by atoms with E-state index < -0.39 is 4.92 Å². The highest BCUT2D eigenvalue weighted by atomic mass is 127. The molecule has 0 radical (unpaired) electrons. The van der Waals surface area contributed by atoms with Gasteiger partial charge in [-0.3, -0.25) is 14.8 Å². The zero-order valence-electron chi connectivity index (χ0n) is 17.8. The van der Waals surface area contributed by atoms with Gasteiger partial charge in [0.15, 0.2) is 5.96 Å². The monoisotopic (exact) mass is 538 g/mol. The third kappa shape index (κ3) is 6.51. The van der Waals surface area contributed by atoms with Crippen LogP contribution in [-0.4, -0.2) is 43.5 Å². The molecule has 0 bridgehead atoms. The number of hydrogen-bond acceptors (Lipinski definition) is 5. The summed E-state index contributed by atoms with van der Waals surface area (Å²) in [5.74, 6) is 0.669. The van der Waals surface area contributed by atoms with E-state index in [1.165, 1.54) is 17.1 Å². The Labute approximate surface area is 197 Å². The first-order valence-electron chi connectivity index (χ1n) is 9.78. The van der Waals surface area contributed by atoms with Gasteiger partial charge in [-0.05, 0) is 38.5 Å². The number of rotatable bonds is 8. The maximum absolute atomic E-state index is 10.8. The number of nitrogens with one attached hydrogen (secondary N) is 2. The average molecular weight is 538 g/mol. The molecule has 2 aromatic heterocycles. The summed E-state index contributed by atoms with van der Waals surface area (Å²) in [6.45, 7) is 8.23. The average Bonchev–Trinajstić information content (AvgIpc) is 3.32. The molecular formula is C20H27IN8O2. The van der Waals surface area contributed by atoms with Gasteiger partial charge >= 0.3 is 5.69 Å². The first-order valence-corrected chi connectivity index (χ1v) is 9.78. The number of nitro groups is 1. The van der Waals surface area contributed by atoms with Crippen LogP contribution >= 0.6 is 24.0 Å². The van der Waals surface area contributed by atoms with Gasteiger partial charge in [0.05, 0.1) is 29.4 Å². The van der Waals surface area contributed by atoms with Crippen LogP contribution in [0.25, 0.3) is 5.69 Å². The zero-order valence-corrected chi connectivity index (χ0v) is 20.1. The standard InChI is InChI=1S/C20H26N8O2.HI/c1-4-21-20(22-9-10-26-14-18(13-24-26)28(29)30)23-12-17-7-5-6-8-19(17)27-16(3)11-15(2)25-27;/h5-8,11,13-14H,4,9-10,12H2,1-3H3,(H2,21,22,23);1H. The molecule has 0 amide bonds. The molecule has 1 aromatic carbocycles. The lowest BCUT2D eigenvalue weighted by Crippen LogP contribution is -2.38. The number of hydrogen-bond donors (Lipinski definition) is 2.